The van der Waals surface area contributed by atoms with E-state index in [-0.39, 0.29) is 5.56 Å². The summed E-state index contributed by atoms with van der Waals surface area (Å²) < 4.78 is 31.1. The molecule has 25 heavy (non-hydrogen) atoms. The van der Waals surface area contributed by atoms with E-state index in [4.69, 9.17) is 0 Å². The molecule has 0 bridgehead atoms. The molecule has 0 saturated heterocycles. The minimum absolute atomic E-state index is 0.253. The monoisotopic (exact) mass is 339 g/mol. The molecule has 5 nitrogen and oxygen atoms in total. The molecule has 4 aromatic rings. The third-order valence-corrected chi connectivity index (χ3v) is 4.10. The Balaban J connectivity index is 1.77. The minimum Gasteiger partial charge on any atom is -0.323 e. The van der Waals surface area contributed by atoms with Gasteiger partial charge in [0.2, 0.25) is 0 Å². The summed E-state index contributed by atoms with van der Waals surface area (Å²) in [5.74, 6) is -0.0190. The third kappa shape index (κ3) is 2.67. The zero-order chi connectivity index (χ0) is 17.4. The first kappa shape index (κ1) is 15.4. The van der Waals surface area contributed by atoms with Crippen molar-refractivity contribution in [2.24, 2.45) is 0 Å². The van der Waals surface area contributed by atoms with Crippen molar-refractivity contribution in [2.75, 3.05) is 0 Å². The highest BCUT2D eigenvalue weighted by Crippen LogP contribution is 2.23. The van der Waals surface area contributed by atoms with Gasteiger partial charge in [0.25, 0.3) is 0 Å². The number of imidazole rings is 2. The summed E-state index contributed by atoms with van der Waals surface area (Å²) in [6.45, 7) is 3.15. The topological polar surface area (TPSA) is 48.5 Å². The lowest BCUT2D eigenvalue weighted by Gasteiger charge is -2.10. The number of pyridine rings is 1. The van der Waals surface area contributed by atoms with Gasteiger partial charge in [0.15, 0.2) is 5.65 Å². The molecule has 0 aliphatic rings. The van der Waals surface area contributed by atoms with Crippen LogP contribution in [0.3, 0.4) is 0 Å². The molecule has 0 spiro atoms. The third-order valence-electron chi connectivity index (χ3n) is 4.10. The van der Waals surface area contributed by atoms with E-state index >= 15 is 0 Å². The molecule has 0 unspecified atom stereocenters. The van der Waals surface area contributed by atoms with E-state index < -0.39 is 11.6 Å². The molecular formula is C18H15F2N5. The number of aryl methyl sites for hydroxylation is 1. The summed E-state index contributed by atoms with van der Waals surface area (Å²) >= 11 is 0. The largest absolute Gasteiger partial charge is 0.323 e. The van der Waals surface area contributed by atoms with Crippen LogP contribution in [0.2, 0.25) is 0 Å². The van der Waals surface area contributed by atoms with Crippen LogP contribution < -0.4 is 0 Å². The summed E-state index contributed by atoms with van der Waals surface area (Å²) in [6.07, 6.45) is 5.08. The zero-order valence-corrected chi connectivity index (χ0v) is 13.5. The predicted molar refractivity (Wildman–Crippen MR) is 89.9 cm³/mol. The van der Waals surface area contributed by atoms with E-state index in [1.807, 2.05) is 23.6 Å². The molecule has 0 radical (unpaired) electrons. The Bertz CT molecular complexity index is 1050. The van der Waals surface area contributed by atoms with Gasteiger partial charge >= 0.3 is 0 Å². The zero-order valence-electron chi connectivity index (χ0n) is 13.5. The van der Waals surface area contributed by atoms with Crippen LogP contribution >= 0.6 is 0 Å². The van der Waals surface area contributed by atoms with Crippen molar-refractivity contribution in [1.82, 2.24) is 24.1 Å². The van der Waals surface area contributed by atoms with Gasteiger partial charge in [-0.3, -0.25) is 0 Å². The van der Waals surface area contributed by atoms with E-state index in [0.29, 0.717) is 12.4 Å². The fourth-order valence-corrected chi connectivity index (χ4v) is 2.96. The molecule has 4 rings (SSSR count). The number of aromatic nitrogens is 5. The first-order valence-electron chi connectivity index (χ1n) is 7.94. The highest BCUT2D eigenvalue weighted by molar-refractivity contribution is 5.71. The van der Waals surface area contributed by atoms with E-state index in [1.54, 1.807) is 23.2 Å². The summed E-state index contributed by atoms with van der Waals surface area (Å²) in [4.78, 5) is 13.2. The summed E-state index contributed by atoms with van der Waals surface area (Å²) in [7, 11) is 0. The Hall–Kier alpha value is -3.09. The molecule has 126 valence electrons. The van der Waals surface area contributed by atoms with E-state index in [0.717, 1.165) is 29.6 Å². The fourth-order valence-electron chi connectivity index (χ4n) is 2.96. The molecule has 0 fully saturated rings. The second-order valence-corrected chi connectivity index (χ2v) is 5.62. The molecule has 0 amide bonds. The molecule has 3 heterocycles. The van der Waals surface area contributed by atoms with Crippen LogP contribution in [0.15, 0.2) is 48.9 Å². The van der Waals surface area contributed by atoms with Crippen molar-refractivity contribution < 1.29 is 8.78 Å². The van der Waals surface area contributed by atoms with Crippen molar-refractivity contribution in [1.29, 1.82) is 0 Å². The lowest BCUT2D eigenvalue weighted by Crippen LogP contribution is -2.09. The Morgan fingerprint density at radius 2 is 1.96 bits per heavy atom. The Morgan fingerprint density at radius 1 is 1.08 bits per heavy atom. The number of halogens is 2. The normalized spacial score (nSPS) is 11.3. The summed E-state index contributed by atoms with van der Waals surface area (Å²) in [6, 6.07) is 7.23. The number of nitrogens with zero attached hydrogens (tertiary/aromatic N) is 5. The summed E-state index contributed by atoms with van der Waals surface area (Å²) in [5.41, 5.74) is 1.88. The second-order valence-electron chi connectivity index (χ2n) is 5.62. The number of benzene rings is 1. The molecule has 0 atom stereocenters. The first-order valence-corrected chi connectivity index (χ1v) is 7.94. The van der Waals surface area contributed by atoms with Crippen LogP contribution in [0.25, 0.3) is 22.6 Å². The van der Waals surface area contributed by atoms with Gasteiger partial charge in [-0.2, -0.15) is 0 Å². The minimum atomic E-state index is -0.641. The number of rotatable bonds is 4. The maximum atomic E-state index is 14.1. The van der Waals surface area contributed by atoms with Gasteiger partial charge in [0.05, 0.1) is 12.1 Å². The predicted octanol–water partition coefficient (Wildman–Crippen LogP) is 3.64. The maximum Gasteiger partial charge on any atom is 0.160 e. The van der Waals surface area contributed by atoms with Gasteiger partial charge in [0, 0.05) is 31.2 Å². The Labute approximate surface area is 142 Å². The Morgan fingerprint density at radius 3 is 2.76 bits per heavy atom. The molecule has 0 N–H and O–H groups in total. The first-order chi connectivity index (χ1) is 12.2. The van der Waals surface area contributed by atoms with Crippen LogP contribution in [0.5, 0.6) is 0 Å². The van der Waals surface area contributed by atoms with Crippen LogP contribution in [-0.4, -0.2) is 24.1 Å². The Kier molecular flexibility index (Phi) is 3.76. The highest BCUT2D eigenvalue weighted by atomic mass is 19.1. The number of hydrogen-bond donors (Lipinski definition) is 0. The second kappa shape index (κ2) is 6.08. The SMILES string of the molecule is CCn1c(Cn2ccnc2-c2ccc(F)cc2F)nc2cccnc21. The molecule has 0 saturated carbocycles. The maximum absolute atomic E-state index is 14.1. The standard InChI is InChI=1S/C18H15F2N5/c1-2-25-16(23-15-4-3-7-21-18(15)25)11-24-9-8-22-17(24)13-6-5-12(19)10-14(13)20/h3-10H,2,11H2,1H3. The number of fused-ring (bicyclic) bond motifs is 1. The average molecular weight is 339 g/mol. The lowest BCUT2D eigenvalue weighted by molar-refractivity contribution is 0.583. The van der Waals surface area contributed by atoms with Gasteiger partial charge in [-0.1, -0.05) is 0 Å². The van der Waals surface area contributed by atoms with Crippen LogP contribution in [0.4, 0.5) is 8.78 Å². The molecule has 3 aromatic heterocycles. The van der Waals surface area contributed by atoms with Gasteiger partial charge in [0.1, 0.15) is 28.8 Å². The van der Waals surface area contributed by atoms with E-state index in [9.17, 15) is 8.78 Å². The van der Waals surface area contributed by atoms with Crippen molar-refractivity contribution in [2.45, 2.75) is 20.0 Å². The van der Waals surface area contributed by atoms with Gasteiger partial charge in [-0.25, -0.2) is 23.7 Å². The van der Waals surface area contributed by atoms with Gasteiger partial charge < -0.3 is 9.13 Å². The molecule has 0 aliphatic carbocycles. The molecule has 1 aromatic carbocycles. The van der Waals surface area contributed by atoms with Crippen LogP contribution in [0, 0.1) is 11.6 Å². The molecule has 7 heteroatoms. The van der Waals surface area contributed by atoms with Crippen molar-refractivity contribution in [3.63, 3.8) is 0 Å². The fraction of sp³-hybridized carbons (Fsp3) is 0.167. The van der Waals surface area contributed by atoms with Crippen molar-refractivity contribution >= 4 is 11.2 Å². The average Bonchev–Trinajstić information content (AvgIpc) is 3.19. The summed E-state index contributed by atoms with van der Waals surface area (Å²) in [5, 5.41) is 0. The van der Waals surface area contributed by atoms with Crippen LogP contribution in [-0.2, 0) is 13.1 Å². The van der Waals surface area contributed by atoms with E-state index in [1.165, 1.54) is 12.1 Å². The molecular weight excluding hydrogens is 324 g/mol. The quantitative estimate of drug-likeness (QED) is 0.570. The lowest BCUT2D eigenvalue weighted by atomic mass is 10.2. The van der Waals surface area contributed by atoms with Crippen LogP contribution in [0.1, 0.15) is 12.7 Å². The molecule has 0 aliphatic heterocycles. The van der Waals surface area contributed by atoms with E-state index in [2.05, 4.69) is 15.0 Å². The smallest absolute Gasteiger partial charge is 0.160 e. The van der Waals surface area contributed by atoms with Crippen molar-refractivity contribution in [3.05, 3.63) is 66.4 Å². The highest BCUT2D eigenvalue weighted by Gasteiger charge is 2.15. The van der Waals surface area contributed by atoms with Crippen molar-refractivity contribution in [3.8, 4) is 11.4 Å². The van der Waals surface area contributed by atoms with Gasteiger partial charge in [-0.05, 0) is 31.2 Å². The number of hydrogen-bond acceptors (Lipinski definition) is 3. The van der Waals surface area contributed by atoms with Gasteiger partial charge in [-0.15, -0.1) is 0 Å².